The van der Waals surface area contributed by atoms with Gasteiger partial charge in [-0.1, -0.05) is 18.7 Å². The van der Waals surface area contributed by atoms with E-state index in [0.717, 1.165) is 11.5 Å². The van der Waals surface area contributed by atoms with Gasteiger partial charge in [-0.05, 0) is 6.42 Å². The lowest BCUT2D eigenvalue weighted by atomic mass is 9.99. The fourth-order valence-corrected chi connectivity index (χ4v) is 2.98. The summed E-state index contributed by atoms with van der Waals surface area (Å²) in [6, 6.07) is -0.400. The second kappa shape index (κ2) is 4.39. The van der Waals surface area contributed by atoms with Crippen molar-refractivity contribution in [1.29, 1.82) is 0 Å². The van der Waals surface area contributed by atoms with Crippen LogP contribution in [0, 0.1) is 0 Å². The van der Waals surface area contributed by atoms with E-state index in [2.05, 4.69) is 4.99 Å². The summed E-state index contributed by atoms with van der Waals surface area (Å²) in [5.41, 5.74) is -0.268. The van der Waals surface area contributed by atoms with Crippen molar-refractivity contribution in [3.63, 3.8) is 0 Å². The molecule has 15 heavy (non-hydrogen) atoms. The Morgan fingerprint density at radius 2 is 2.13 bits per heavy atom. The highest BCUT2D eigenvalue weighted by Crippen LogP contribution is 2.37. The molecule has 2 rings (SSSR count). The molecule has 0 aromatic rings. The van der Waals surface area contributed by atoms with Crippen LogP contribution in [0.1, 0.15) is 13.3 Å². The summed E-state index contributed by atoms with van der Waals surface area (Å²) >= 11 is 1.47. The third-order valence-corrected chi connectivity index (χ3v) is 3.98. The Hall–Kier alpha value is -0.140. The molecule has 0 aliphatic carbocycles. The molecule has 0 radical (unpaired) electrons. The van der Waals surface area contributed by atoms with E-state index in [1.54, 1.807) is 0 Å². The molecule has 5 nitrogen and oxygen atoms in total. The van der Waals surface area contributed by atoms with Gasteiger partial charge in [-0.15, -0.1) is 0 Å². The monoisotopic (exact) mass is 233 g/mol. The fourth-order valence-electron chi connectivity index (χ4n) is 1.81. The van der Waals surface area contributed by atoms with Gasteiger partial charge in [-0.2, -0.15) is 0 Å². The molecule has 3 N–H and O–H groups in total. The van der Waals surface area contributed by atoms with Crippen LogP contribution in [0.3, 0.4) is 0 Å². The molecule has 0 saturated carbocycles. The molecule has 0 spiro atoms. The third-order valence-electron chi connectivity index (χ3n) is 2.70. The van der Waals surface area contributed by atoms with E-state index in [1.165, 1.54) is 11.8 Å². The molecule has 2 aliphatic rings. The molecule has 1 fully saturated rings. The number of aliphatic hydroxyl groups is 3. The number of fused-ring (bicyclic) bond motifs is 1. The van der Waals surface area contributed by atoms with E-state index in [4.69, 9.17) is 9.84 Å². The van der Waals surface area contributed by atoms with Crippen molar-refractivity contribution in [3.05, 3.63) is 0 Å². The van der Waals surface area contributed by atoms with Crippen LogP contribution < -0.4 is 0 Å². The van der Waals surface area contributed by atoms with Crippen LogP contribution in [0.15, 0.2) is 4.99 Å². The van der Waals surface area contributed by atoms with Crippen LogP contribution in [0.2, 0.25) is 0 Å². The van der Waals surface area contributed by atoms with Gasteiger partial charge in [0, 0.05) is 0 Å². The number of rotatable bonds is 2. The van der Waals surface area contributed by atoms with Gasteiger partial charge < -0.3 is 20.1 Å². The molecular weight excluding hydrogens is 218 g/mol. The summed E-state index contributed by atoms with van der Waals surface area (Å²) in [5, 5.41) is 29.3. The molecule has 86 valence electrons. The van der Waals surface area contributed by atoms with Crippen LogP contribution >= 0.6 is 11.8 Å². The quantitative estimate of drug-likeness (QED) is 0.590. The molecule has 1 saturated heterocycles. The molecule has 6 heteroatoms. The van der Waals surface area contributed by atoms with Gasteiger partial charge in [-0.25, -0.2) is 0 Å². The van der Waals surface area contributed by atoms with Crippen LogP contribution in [-0.4, -0.2) is 56.8 Å². The van der Waals surface area contributed by atoms with E-state index in [9.17, 15) is 10.2 Å². The van der Waals surface area contributed by atoms with Crippen molar-refractivity contribution in [2.45, 2.75) is 43.1 Å². The highest BCUT2D eigenvalue weighted by atomic mass is 32.2. The van der Waals surface area contributed by atoms with E-state index in [-0.39, 0.29) is 12.0 Å². The first-order valence-electron chi connectivity index (χ1n) is 5.03. The van der Waals surface area contributed by atoms with Crippen molar-refractivity contribution in [3.8, 4) is 0 Å². The van der Waals surface area contributed by atoms with Crippen molar-refractivity contribution in [1.82, 2.24) is 0 Å². The number of nitrogens with zero attached hydrogens (tertiary/aromatic N) is 1. The molecular formula is C9H15NO4S. The third kappa shape index (κ3) is 1.92. The van der Waals surface area contributed by atoms with E-state index in [1.807, 2.05) is 6.92 Å². The molecule has 0 amide bonds. The number of aliphatic imine (C=N–C) groups is 1. The van der Waals surface area contributed by atoms with Gasteiger partial charge in [0.1, 0.15) is 29.8 Å². The van der Waals surface area contributed by atoms with Gasteiger partial charge >= 0.3 is 0 Å². The minimum atomic E-state index is -1.06. The Kier molecular flexibility index (Phi) is 3.32. The number of aliphatic hydroxyl groups excluding tert-OH is 3. The molecule has 0 bridgehead atoms. The van der Waals surface area contributed by atoms with E-state index in [0.29, 0.717) is 0 Å². The number of thioether (sulfide) groups is 1. The lowest BCUT2D eigenvalue weighted by molar-refractivity contribution is -0.164. The molecule has 0 aromatic carbocycles. The minimum absolute atomic E-state index is 0.268. The highest BCUT2D eigenvalue weighted by molar-refractivity contribution is 8.14. The average molecular weight is 233 g/mol. The predicted octanol–water partition coefficient (Wildman–Crippen LogP) is -0.651. The normalized spacial score (nSPS) is 45.1. The molecule has 2 aliphatic heterocycles. The zero-order valence-corrected chi connectivity index (χ0v) is 9.22. The maximum absolute atomic E-state index is 9.80. The summed E-state index contributed by atoms with van der Waals surface area (Å²) in [6.45, 7) is 1.69. The fraction of sp³-hybridized carbons (Fsp3) is 0.889. The van der Waals surface area contributed by atoms with Gasteiger partial charge in [0.15, 0.2) is 0 Å². The smallest absolute Gasteiger partial charge is 0.134 e. The highest BCUT2D eigenvalue weighted by Gasteiger charge is 2.47. The lowest BCUT2D eigenvalue weighted by Crippen LogP contribution is -2.55. The predicted molar refractivity (Wildman–Crippen MR) is 56.9 cm³/mol. The van der Waals surface area contributed by atoms with E-state index < -0.39 is 24.4 Å². The maximum atomic E-state index is 9.80. The first-order chi connectivity index (χ1) is 7.17. The number of ether oxygens (including phenoxy) is 1. The second-order valence-corrected chi connectivity index (χ2v) is 4.86. The topological polar surface area (TPSA) is 82.3 Å². The minimum Gasteiger partial charge on any atom is -0.394 e. The summed E-state index contributed by atoms with van der Waals surface area (Å²) in [5.74, 6) is 0. The first kappa shape index (κ1) is 11.3. The van der Waals surface area contributed by atoms with Gasteiger partial charge in [0.25, 0.3) is 0 Å². The molecule has 5 atom stereocenters. The summed E-state index contributed by atoms with van der Waals surface area (Å²) < 4.78 is 5.46. The van der Waals surface area contributed by atoms with Crippen molar-refractivity contribution < 1.29 is 20.1 Å². The Morgan fingerprint density at radius 3 is 2.73 bits per heavy atom. The van der Waals surface area contributed by atoms with Crippen molar-refractivity contribution >= 4 is 16.8 Å². The lowest BCUT2D eigenvalue weighted by Gasteiger charge is -2.37. The Bertz CT molecular complexity index is 273. The summed E-state index contributed by atoms with van der Waals surface area (Å²) in [4.78, 5) is 4.29. The Labute approximate surface area is 92.2 Å². The van der Waals surface area contributed by atoms with Crippen molar-refractivity contribution in [2.75, 3.05) is 6.61 Å². The molecule has 2 unspecified atom stereocenters. The SMILES string of the molecule is CCC1=NC2C(O[C@H](CO)[C@@H](O)[C@@H]2O)S1. The number of hydrogen-bond donors (Lipinski definition) is 3. The summed E-state index contributed by atoms with van der Waals surface area (Å²) in [6.07, 6.45) is -1.91. The van der Waals surface area contributed by atoms with Gasteiger partial charge in [0.2, 0.25) is 0 Å². The van der Waals surface area contributed by atoms with Crippen LogP contribution in [0.5, 0.6) is 0 Å². The Morgan fingerprint density at radius 1 is 1.40 bits per heavy atom. The van der Waals surface area contributed by atoms with Crippen molar-refractivity contribution in [2.24, 2.45) is 4.99 Å². The first-order valence-corrected chi connectivity index (χ1v) is 5.91. The largest absolute Gasteiger partial charge is 0.394 e. The average Bonchev–Trinajstić information content (AvgIpc) is 2.66. The maximum Gasteiger partial charge on any atom is 0.134 e. The van der Waals surface area contributed by atoms with Gasteiger partial charge in [-0.3, -0.25) is 4.99 Å². The van der Waals surface area contributed by atoms with Crippen LogP contribution in [0.4, 0.5) is 0 Å². The Balaban J connectivity index is 2.12. The zero-order chi connectivity index (χ0) is 11.0. The standard InChI is InChI=1S/C9H15NO4S/c1-2-5-10-6-8(13)7(12)4(3-11)14-9(6)15-5/h4,6-9,11-13H,2-3H2,1H3/t4-,6?,7-,8-,9?/m1/s1. The molecule has 2 heterocycles. The summed E-state index contributed by atoms with van der Waals surface area (Å²) in [7, 11) is 0. The molecule has 0 aromatic heterocycles. The second-order valence-electron chi connectivity index (χ2n) is 3.69. The number of hydrogen-bond acceptors (Lipinski definition) is 6. The van der Waals surface area contributed by atoms with E-state index >= 15 is 0 Å². The zero-order valence-electron chi connectivity index (χ0n) is 8.41. The van der Waals surface area contributed by atoms with Gasteiger partial charge in [0.05, 0.1) is 11.7 Å². The van der Waals surface area contributed by atoms with Crippen LogP contribution in [-0.2, 0) is 4.74 Å². The van der Waals surface area contributed by atoms with Crippen LogP contribution in [0.25, 0.3) is 0 Å².